The summed E-state index contributed by atoms with van der Waals surface area (Å²) in [6, 6.07) is 14.8. The SMILES string of the molecule is Cc1ccc(S(=O)(=O)NCC2CCCN(CC(=O)Nc3ccc(C(C)C)cc3)C2)cc1. The number of hydrogen-bond acceptors (Lipinski definition) is 4. The van der Waals surface area contributed by atoms with E-state index >= 15 is 0 Å². The lowest BCUT2D eigenvalue weighted by Gasteiger charge is -2.32. The van der Waals surface area contributed by atoms with Gasteiger partial charge in [0, 0.05) is 18.8 Å². The predicted molar refractivity (Wildman–Crippen MR) is 125 cm³/mol. The highest BCUT2D eigenvalue weighted by Gasteiger charge is 2.24. The molecule has 7 heteroatoms. The maximum Gasteiger partial charge on any atom is 0.240 e. The van der Waals surface area contributed by atoms with Crippen molar-refractivity contribution < 1.29 is 13.2 Å². The molecule has 1 fully saturated rings. The molecular weight excluding hydrogens is 410 g/mol. The summed E-state index contributed by atoms with van der Waals surface area (Å²) in [5.74, 6) is 0.601. The minimum atomic E-state index is -3.52. The number of anilines is 1. The zero-order valence-corrected chi connectivity index (χ0v) is 19.4. The number of amides is 1. The quantitative estimate of drug-likeness (QED) is 0.651. The second kappa shape index (κ2) is 10.4. The fourth-order valence-corrected chi connectivity index (χ4v) is 4.96. The Kier molecular flexibility index (Phi) is 7.86. The molecule has 31 heavy (non-hydrogen) atoms. The first-order valence-corrected chi connectivity index (χ1v) is 12.4. The third kappa shape index (κ3) is 6.89. The molecule has 0 saturated carbocycles. The molecule has 3 rings (SSSR count). The van der Waals surface area contributed by atoms with E-state index in [-0.39, 0.29) is 16.7 Å². The fraction of sp³-hybridized carbons (Fsp3) is 0.458. The molecule has 1 heterocycles. The number of benzene rings is 2. The number of nitrogens with zero attached hydrogens (tertiary/aromatic N) is 1. The highest BCUT2D eigenvalue weighted by atomic mass is 32.2. The monoisotopic (exact) mass is 443 g/mol. The van der Waals surface area contributed by atoms with E-state index in [1.807, 2.05) is 31.2 Å². The predicted octanol–water partition coefficient (Wildman–Crippen LogP) is 3.75. The Hall–Kier alpha value is -2.22. The largest absolute Gasteiger partial charge is 0.325 e. The molecule has 0 radical (unpaired) electrons. The molecule has 0 bridgehead atoms. The summed E-state index contributed by atoms with van der Waals surface area (Å²) in [6.45, 7) is 8.45. The van der Waals surface area contributed by atoms with Gasteiger partial charge in [-0.1, -0.05) is 43.7 Å². The van der Waals surface area contributed by atoms with E-state index in [2.05, 4.69) is 28.8 Å². The molecule has 0 aromatic heterocycles. The maximum atomic E-state index is 12.5. The number of sulfonamides is 1. The molecule has 1 aliphatic heterocycles. The van der Waals surface area contributed by atoms with Gasteiger partial charge in [-0.3, -0.25) is 9.69 Å². The third-order valence-electron chi connectivity index (χ3n) is 5.72. The molecule has 0 aliphatic carbocycles. The molecule has 1 unspecified atom stereocenters. The number of rotatable bonds is 8. The normalized spacial score (nSPS) is 17.6. The first-order chi connectivity index (χ1) is 14.7. The summed E-state index contributed by atoms with van der Waals surface area (Å²) in [7, 11) is -3.52. The first-order valence-electron chi connectivity index (χ1n) is 10.9. The second-order valence-electron chi connectivity index (χ2n) is 8.73. The number of carbonyl (C=O) groups excluding carboxylic acids is 1. The van der Waals surface area contributed by atoms with Crippen LogP contribution >= 0.6 is 0 Å². The van der Waals surface area contributed by atoms with Gasteiger partial charge in [0.2, 0.25) is 15.9 Å². The van der Waals surface area contributed by atoms with Crippen molar-refractivity contribution >= 4 is 21.6 Å². The van der Waals surface area contributed by atoms with Crippen LogP contribution in [0.4, 0.5) is 5.69 Å². The number of likely N-dealkylation sites (tertiary alicyclic amines) is 1. The molecular formula is C24H33N3O3S. The van der Waals surface area contributed by atoms with E-state index in [4.69, 9.17) is 0 Å². The van der Waals surface area contributed by atoms with Crippen molar-refractivity contribution in [2.75, 3.05) is 31.5 Å². The average molecular weight is 444 g/mol. The molecule has 1 amide bonds. The van der Waals surface area contributed by atoms with Crippen molar-refractivity contribution in [1.29, 1.82) is 0 Å². The summed E-state index contributed by atoms with van der Waals surface area (Å²) in [5, 5.41) is 2.96. The number of hydrogen-bond donors (Lipinski definition) is 2. The maximum absolute atomic E-state index is 12.5. The van der Waals surface area contributed by atoms with E-state index in [9.17, 15) is 13.2 Å². The van der Waals surface area contributed by atoms with Gasteiger partial charge in [-0.2, -0.15) is 0 Å². The molecule has 1 saturated heterocycles. The van der Waals surface area contributed by atoms with Crippen LogP contribution in [0, 0.1) is 12.8 Å². The van der Waals surface area contributed by atoms with Crippen molar-refractivity contribution in [3.8, 4) is 0 Å². The number of aryl methyl sites for hydroxylation is 1. The van der Waals surface area contributed by atoms with Crippen LogP contribution in [0.2, 0.25) is 0 Å². The van der Waals surface area contributed by atoms with E-state index in [1.165, 1.54) is 5.56 Å². The lowest BCUT2D eigenvalue weighted by Crippen LogP contribution is -2.43. The van der Waals surface area contributed by atoms with Crippen molar-refractivity contribution in [2.24, 2.45) is 5.92 Å². The van der Waals surface area contributed by atoms with Crippen LogP contribution in [0.3, 0.4) is 0 Å². The first kappa shape index (κ1) is 23.4. The van der Waals surface area contributed by atoms with Gasteiger partial charge in [-0.25, -0.2) is 13.1 Å². The third-order valence-corrected chi connectivity index (χ3v) is 7.16. The smallest absolute Gasteiger partial charge is 0.240 e. The number of carbonyl (C=O) groups is 1. The second-order valence-corrected chi connectivity index (χ2v) is 10.5. The Morgan fingerprint density at radius 2 is 1.77 bits per heavy atom. The molecule has 2 N–H and O–H groups in total. The number of piperidine rings is 1. The lowest BCUT2D eigenvalue weighted by molar-refractivity contribution is -0.117. The van der Waals surface area contributed by atoms with Gasteiger partial charge in [0.25, 0.3) is 0 Å². The van der Waals surface area contributed by atoms with E-state index in [1.54, 1.807) is 24.3 Å². The highest BCUT2D eigenvalue weighted by Crippen LogP contribution is 2.19. The van der Waals surface area contributed by atoms with Gasteiger partial charge in [0.1, 0.15) is 0 Å². The van der Waals surface area contributed by atoms with Crippen LogP contribution in [-0.2, 0) is 14.8 Å². The minimum Gasteiger partial charge on any atom is -0.325 e. The van der Waals surface area contributed by atoms with Crippen LogP contribution in [0.1, 0.15) is 43.7 Å². The van der Waals surface area contributed by atoms with Gasteiger partial charge in [-0.15, -0.1) is 0 Å². The summed E-state index contributed by atoms with van der Waals surface area (Å²) in [5.41, 5.74) is 3.06. The van der Waals surface area contributed by atoms with Crippen molar-refractivity contribution in [1.82, 2.24) is 9.62 Å². The molecule has 168 valence electrons. The van der Waals surface area contributed by atoms with Crippen LogP contribution in [-0.4, -0.2) is 45.4 Å². The molecule has 2 aromatic rings. The topological polar surface area (TPSA) is 78.5 Å². The Labute approximate surface area is 186 Å². The summed E-state index contributed by atoms with van der Waals surface area (Å²) in [4.78, 5) is 14.9. The summed E-state index contributed by atoms with van der Waals surface area (Å²) < 4.78 is 27.8. The average Bonchev–Trinajstić information content (AvgIpc) is 2.73. The summed E-state index contributed by atoms with van der Waals surface area (Å²) >= 11 is 0. The van der Waals surface area contributed by atoms with Gasteiger partial charge in [0.05, 0.1) is 11.4 Å². The Bertz CT molecular complexity index is 970. The van der Waals surface area contributed by atoms with Crippen LogP contribution < -0.4 is 10.0 Å². The highest BCUT2D eigenvalue weighted by molar-refractivity contribution is 7.89. The minimum absolute atomic E-state index is 0.0433. The zero-order chi connectivity index (χ0) is 22.4. The van der Waals surface area contributed by atoms with Crippen LogP contribution in [0.15, 0.2) is 53.4 Å². The van der Waals surface area contributed by atoms with Gasteiger partial charge in [0.15, 0.2) is 0 Å². The Morgan fingerprint density at radius 3 is 2.42 bits per heavy atom. The molecule has 1 atom stereocenters. The van der Waals surface area contributed by atoms with E-state index in [0.717, 1.165) is 30.6 Å². The van der Waals surface area contributed by atoms with Crippen LogP contribution in [0.25, 0.3) is 0 Å². The standard InChI is InChI=1S/C24H33N3O3S/c1-18(2)21-8-10-22(11-9-21)26-24(28)17-27-14-4-5-20(16-27)15-25-31(29,30)23-12-6-19(3)7-13-23/h6-13,18,20,25H,4-5,14-17H2,1-3H3,(H,26,28). The van der Waals surface area contributed by atoms with Crippen molar-refractivity contribution in [3.05, 3.63) is 59.7 Å². The molecule has 2 aromatic carbocycles. The molecule has 6 nitrogen and oxygen atoms in total. The zero-order valence-electron chi connectivity index (χ0n) is 18.6. The summed E-state index contributed by atoms with van der Waals surface area (Å²) in [6.07, 6.45) is 1.90. The van der Waals surface area contributed by atoms with Gasteiger partial charge < -0.3 is 5.32 Å². The van der Waals surface area contributed by atoms with Gasteiger partial charge in [-0.05, 0) is 68.0 Å². The number of nitrogens with one attached hydrogen (secondary N) is 2. The van der Waals surface area contributed by atoms with Gasteiger partial charge >= 0.3 is 0 Å². The lowest BCUT2D eigenvalue weighted by atomic mass is 9.98. The van der Waals surface area contributed by atoms with E-state index < -0.39 is 10.0 Å². The Balaban J connectivity index is 1.48. The van der Waals surface area contributed by atoms with Crippen molar-refractivity contribution in [3.63, 3.8) is 0 Å². The fourth-order valence-electron chi connectivity index (χ4n) is 3.84. The van der Waals surface area contributed by atoms with Crippen LogP contribution in [0.5, 0.6) is 0 Å². The van der Waals surface area contributed by atoms with E-state index in [0.29, 0.717) is 25.6 Å². The molecule has 1 aliphatic rings. The molecule has 0 spiro atoms. The van der Waals surface area contributed by atoms with Crippen molar-refractivity contribution in [2.45, 2.75) is 44.4 Å². The Morgan fingerprint density at radius 1 is 1.10 bits per heavy atom.